The lowest BCUT2D eigenvalue weighted by Gasteiger charge is -2.35. The Morgan fingerprint density at radius 3 is 2.82 bits per heavy atom. The van der Waals surface area contributed by atoms with E-state index in [1.807, 2.05) is 37.3 Å². The van der Waals surface area contributed by atoms with Crippen molar-refractivity contribution in [2.45, 2.75) is 25.6 Å². The molecule has 1 aromatic carbocycles. The van der Waals surface area contributed by atoms with Crippen molar-refractivity contribution in [3.63, 3.8) is 0 Å². The molecule has 2 heterocycles. The minimum atomic E-state index is -0.555. The lowest BCUT2D eigenvalue weighted by atomic mass is 10.1. The number of carbonyl (C=O) groups is 1. The SMILES string of the molecule is C[C@H]1c2nc(-c3ccccc3)cn2CCN1C(=O)[C@H](N)CS. The Bertz CT molecular complexity index is 670. The van der Waals surface area contributed by atoms with Crippen LogP contribution in [0.25, 0.3) is 11.3 Å². The summed E-state index contributed by atoms with van der Waals surface area (Å²) in [6.45, 7) is 3.39. The van der Waals surface area contributed by atoms with E-state index < -0.39 is 6.04 Å². The van der Waals surface area contributed by atoms with Crippen molar-refractivity contribution in [3.05, 3.63) is 42.4 Å². The number of amides is 1. The number of thiol groups is 1. The number of fused-ring (bicyclic) bond motifs is 1. The third kappa shape index (κ3) is 2.64. The van der Waals surface area contributed by atoms with E-state index in [0.717, 1.165) is 23.6 Å². The average Bonchev–Trinajstić information content (AvgIpc) is 3.00. The average molecular weight is 316 g/mol. The molecule has 6 heteroatoms. The maximum absolute atomic E-state index is 12.3. The Balaban J connectivity index is 1.89. The lowest BCUT2D eigenvalue weighted by molar-refractivity contribution is -0.135. The van der Waals surface area contributed by atoms with Crippen LogP contribution in [0.1, 0.15) is 18.8 Å². The van der Waals surface area contributed by atoms with Crippen LogP contribution in [0.3, 0.4) is 0 Å². The second kappa shape index (κ2) is 6.14. The summed E-state index contributed by atoms with van der Waals surface area (Å²) in [5.74, 6) is 1.20. The quantitative estimate of drug-likeness (QED) is 0.847. The Morgan fingerprint density at radius 1 is 1.41 bits per heavy atom. The lowest BCUT2D eigenvalue weighted by Crippen LogP contribution is -2.49. The van der Waals surface area contributed by atoms with Gasteiger partial charge in [-0.2, -0.15) is 12.6 Å². The summed E-state index contributed by atoms with van der Waals surface area (Å²) >= 11 is 4.12. The van der Waals surface area contributed by atoms with Crippen molar-refractivity contribution in [1.29, 1.82) is 0 Å². The number of aromatic nitrogens is 2. The molecule has 5 nitrogen and oxygen atoms in total. The number of hydrogen-bond acceptors (Lipinski definition) is 4. The van der Waals surface area contributed by atoms with Crippen molar-refractivity contribution in [2.75, 3.05) is 12.3 Å². The number of nitrogens with two attached hydrogens (primary N) is 1. The first-order valence-electron chi connectivity index (χ1n) is 7.41. The van der Waals surface area contributed by atoms with Gasteiger partial charge < -0.3 is 15.2 Å². The molecule has 1 aliphatic rings. The molecule has 0 fully saturated rings. The van der Waals surface area contributed by atoms with Crippen LogP contribution in [0.2, 0.25) is 0 Å². The summed E-state index contributed by atoms with van der Waals surface area (Å²) in [6.07, 6.45) is 2.06. The molecule has 0 aliphatic carbocycles. The van der Waals surface area contributed by atoms with Gasteiger partial charge in [0.2, 0.25) is 5.91 Å². The van der Waals surface area contributed by atoms with Gasteiger partial charge >= 0.3 is 0 Å². The fraction of sp³-hybridized carbons (Fsp3) is 0.375. The standard InChI is InChI=1S/C16H20N4OS/c1-11-15-18-14(12-5-3-2-4-6-12)9-19(15)7-8-20(11)16(21)13(17)10-22/h2-6,9,11,13,22H,7-8,10,17H2,1H3/t11-,13+/m0/s1. The molecule has 0 saturated carbocycles. The molecule has 0 spiro atoms. The predicted octanol–water partition coefficient (Wildman–Crippen LogP) is 1.71. The van der Waals surface area contributed by atoms with Gasteiger partial charge in [0.25, 0.3) is 0 Å². The number of carbonyl (C=O) groups excluding carboxylic acids is 1. The Kier molecular flexibility index (Phi) is 4.22. The summed E-state index contributed by atoms with van der Waals surface area (Å²) in [6, 6.07) is 9.43. The van der Waals surface area contributed by atoms with Crippen molar-refractivity contribution in [3.8, 4) is 11.3 Å². The molecule has 1 amide bonds. The fourth-order valence-corrected chi connectivity index (χ4v) is 2.99. The first-order chi connectivity index (χ1) is 10.6. The molecule has 1 aliphatic heterocycles. The number of imidazole rings is 1. The van der Waals surface area contributed by atoms with Gasteiger partial charge in [0.1, 0.15) is 5.82 Å². The topological polar surface area (TPSA) is 64.2 Å². The van der Waals surface area contributed by atoms with E-state index in [0.29, 0.717) is 12.3 Å². The molecule has 0 unspecified atom stereocenters. The molecule has 1 aromatic heterocycles. The van der Waals surface area contributed by atoms with Gasteiger partial charge in [0.15, 0.2) is 0 Å². The van der Waals surface area contributed by atoms with Gasteiger partial charge in [-0.25, -0.2) is 4.98 Å². The van der Waals surface area contributed by atoms with Crippen molar-refractivity contribution < 1.29 is 4.79 Å². The highest BCUT2D eigenvalue weighted by Gasteiger charge is 2.31. The Labute approximate surface area is 135 Å². The van der Waals surface area contributed by atoms with E-state index in [4.69, 9.17) is 10.7 Å². The normalized spacial score (nSPS) is 18.9. The van der Waals surface area contributed by atoms with E-state index in [-0.39, 0.29) is 11.9 Å². The minimum absolute atomic E-state index is 0.0574. The zero-order valence-corrected chi connectivity index (χ0v) is 13.4. The van der Waals surface area contributed by atoms with Gasteiger partial charge in [-0.05, 0) is 6.92 Å². The van der Waals surface area contributed by atoms with E-state index in [1.165, 1.54) is 0 Å². The fourth-order valence-electron chi connectivity index (χ4n) is 2.83. The predicted molar refractivity (Wildman–Crippen MR) is 89.6 cm³/mol. The Hall–Kier alpha value is -1.79. The van der Waals surface area contributed by atoms with E-state index in [9.17, 15) is 4.79 Å². The largest absolute Gasteiger partial charge is 0.331 e. The van der Waals surface area contributed by atoms with Crippen LogP contribution in [-0.2, 0) is 11.3 Å². The van der Waals surface area contributed by atoms with Gasteiger partial charge in [-0.3, -0.25) is 4.79 Å². The highest BCUT2D eigenvalue weighted by atomic mass is 32.1. The maximum atomic E-state index is 12.3. The summed E-state index contributed by atoms with van der Waals surface area (Å²) < 4.78 is 2.13. The first kappa shape index (κ1) is 15.1. The van der Waals surface area contributed by atoms with Crippen LogP contribution < -0.4 is 5.73 Å². The Morgan fingerprint density at radius 2 is 2.14 bits per heavy atom. The monoisotopic (exact) mass is 316 g/mol. The molecule has 2 aromatic rings. The first-order valence-corrected chi connectivity index (χ1v) is 8.04. The third-order valence-electron chi connectivity index (χ3n) is 4.10. The van der Waals surface area contributed by atoms with Crippen LogP contribution in [0.4, 0.5) is 0 Å². The molecule has 0 radical (unpaired) electrons. The highest BCUT2D eigenvalue weighted by Crippen LogP contribution is 2.28. The van der Waals surface area contributed by atoms with Gasteiger partial charge in [0.05, 0.1) is 17.8 Å². The molecule has 0 saturated heterocycles. The molecule has 116 valence electrons. The molecule has 22 heavy (non-hydrogen) atoms. The zero-order valence-electron chi connectivity index (χ0n) is 12.5. The van der Waals surface area contributed by atoms with E-state index >= 15 is 0 Å². The van der Waals surface area contributed by atoms with Crippen LogP contribution in [0, 0.1) is 0 Å². The number of hydrogen-bond donors (Lipinski definition) is 2. The summed E-state index contributed by atoms with van der Waals surface area (Å²) in [4.78, 5) is 18.9. The number of rotatable bonds is 3. The maximum Gasteiger partial charge on any atom is 0.241 e. The molecule has 2 N–H and O–H groups in total. The molecule has 0 bridgehead atoms. The van der Waals surface area contributed by atoms with Crippen LogP contribution >= 0.6 is 12.6 Å². The zero-order chi connectivity index (χ0) is 15.7. The van der Waals surface area contributed by atoms with Gasteiger partial charge in [-0.15, -0.1) is 0 Å². The molecular weight excluding hydrogens is 296 g/mol. The van der Waals surface area contributed by atoms with Gasteiger partial charge in [-0.1, -0.05) is 30.3 Å². The van der Waals surface area contributed by atoms with Gasteiger partial charge in [0, 0.05) is 30.6 Å². The van der Waals surface area contributed by atoms with Crippen molar-refractivity contribution in [2.24, 2.45) is 5.73 Å². The van der Waals surface area contributed by atoms with Crippen LogP contribution in [-0.4, -0.2) is 38.7 Å². The molecule has 2 atom stereocenters. The number of benzene rings is 1. The second-order valence-corrected chi connectivity index (χ2v) is 5.91. The van der Waals surface area contributed by atoms with Crippen molar-refractivity contribution in [1.82, 2.24) is 14.5 Å². The highest BCUT2D eigenvalue weighted by molar-refractivity contribution is 7.80. The summed E-state index contributed by atoms with van der Waals surface area (Å²) in [7, 11) is 0. The summed E-state index contributed by atoms with van der Waals surface area (Å²) in [5, 5.41) is 0. The van der Waals surface area contributed by atoms with Crippen molar-refractivity contribution >= 4 is 18.5 Å². The minimum Gasteiger partial charge on any atom is -0.331 e. The summed E-state index contributed by atoms with van der Waals surface area (Å²) in [5.41, 5.74) is 7.86. The van der Waals surface area contributed by atoms with E-state index in [2.05, 4.69) is 23.4 Å². The van der Waals surface area contributed by atoms with Crippen LogP contribution in [0.15, 0.2) is 36.5 Å². The third-order valence-corrected chi connectivity index (χ3v) is 4.49. The van der Waals surface area contributed by atoms with E-state index in [1.54, 1.807) is 4.90 Å². The van der Waals surface area contributed by atoms with Crippen LogP contribution in [0.5, 0.6) is 0 Å². The molecular formula is C16H20N4OS. The second-order valence-electron chi connectivity index (χ2n) is 5.54. The smallest absolute Gasteiger partial charge is 0.241 e. The molecule has 3 rings (SSSR count). The number of nitrogens with zero attached hydrogens (tertiary/aromatic N) is 3.